The second-order valence-electron chi connectivity index (χ2n) is 15.6. The lowest BCUT2D eigenvalue weighted by Gasteiger charge is -2.19. The van der Waals surface area contributed by atoms with Crippen LogP contribution in [0.3, 0.4) is 0 Å². The van der Waals surface area contributed by atoms with E-state index >= 15 is 0 Å². The Morgan fingerprint density at radius 3 is 0.932 bits per heavy atom. The van der Waals surface area contributed by atoms with E-state index in [0.717, 1.165) is 17.1 Å². The van der Waals surface area contributed by atoms with E-state index in [0.29, 0.717) is 0 Å². The fourth-order valence-corrected chi connectivity index (χ4v) is 9.78. The lowest BCUT2D eigenvalue weighted by atomic mass is 9.89. The number of para-hydroxylation sites is 1. The molecule has 0 atom stereocenters. The Morgan fingerprint density at radius 2 is 0.508 bits per heavy atom. The molecule has 0 aliphatic heterocycles. The Hall–Kier alpha value is -7.74. The normalized spacial score (nSPS) is 11.7. The van der Waals surface area contributed by atoms with Gasteiger partial charge < -0.3 is 4.57 Å². The van der Waals surface area contributed by atoms with Gasteiger partial charge in [0.1, 0.15) is 0 Å². The van der Waals surface area contributed by atoms with Crippen molar-refractivity contribution >= 4 is 64.6 Å². The van der Waals surface area contributed by atoms with Gasteiger partial charge >= 0.3 is 0 Å². The second kappa shape index (κ2) is 13.4. The van der Waals surface area contributed by atoms with Crippen molar-refractivity contribution < 1.29 is 0 Å². The fourth-order valence-electron chi connectivity index (χ4n) is 9.78. The van der Waals surface area contributed by atoms with Gasteiger partial charge in [0.25, 0.3) is 0 Å². The van der Waals surface area contributed by atoms with Crippen molar-refractivity contribution in [2.24, 2.45) is 0 Å². The number of fused-ring (bicyclic) bond motifs is 8. The molecule has 59 heavy (non-hydrogen) atoms. The van der Waals surface area contributed by atoms with E-state index in [4.69, 9.17) is 0 Å². The molecule has 12 aromatic rings. The Kier molecular flexibility index (Phi) is 7.61. The van der Waals surface area contributed by atoms with Crippen LogP contribution in [0.25, 0.3) is 115 Å². The smallest absolute Gasteiger partial charge is 0.0541 e. The quantitative estimate of drug-likeness (QED) is 0.155. The topological polar surface area (TPSA) is 4.93 Å². The summed E-state index contributed by atoms with van der Waals surface area (Å²) in [6, 6.07) is 82.6. The van der Waals surface area contributed by atoms with Gasteiger partial charge in [-0.25, -0.2) is 0 Å². The zero-order valence-corrected chi connectivity index (χ0v) is 32.3. The minimum absolute atomic E-state index is 1.13. The van der Waals surface area contributed by atoms with Gasteiger partial charge in [0.05, 0.1) is 11.4 Å². The van der Waals surface area contributed by atoms with E-state index in [2.05, 4.69) is 229 Å². The van der Waals surface area contributed by atoms with E-state index in [1.165, 1.54) is 98.0 Å². The summed E-state index contributed by atoms with van der Waals surface area (Å²) in [6.45, 7) is 0. The third-order valence-electron chi connectivity index (χ3n) is 12.4. The minimum Gasteiger partial charge on any atom is -0.309 e. The monoisotopic (exact) mass is 747 g/mol. The standard InChI is InChI=1S/C58H37N/c1-2-18-40(19-3-1)59-57(53-32-30-51(45-24-10-12-26-47(45)53)55-36-38-16-4-6-20-41(38)43-22-8-14-28-49(43)55)34-35-58(59)54-33-31-52(46-25-11-13-27-48(46)54)56-37-39-17-5-7-21-42(39)44-23-9-15-29-50(44)56/h1-37H. The Labute approximate surface area is 342 Å². The van der Waals surface area contributed by atoms with Gasteiger partial charge in [0, 0.05) is 16.8 Å². The summed E-state index contributed by atoms with van der Waals surface area (Å²) in [5, 5.41) is 15.1. The molecule has 0 aliphatic carbocycles. The average molecular weight is 748 g/mol. The Bertz CT molecular complexity index is 3390. The van der Waals surface area contributed by atoms with Gasteiger partial charge in [-0.3, -0.25) is 0 Å². The summed E-state index contributed by atoms with van der Waals surface area (Å²) < 4.78 is 2.46. The SMILES string of the molecule is c1ccc(-n2c(-c3ccc(-c4cc5ccccc5c5ccccc45)c4ccccc34)ccc2-c2ccc(-c3cc4ccccc4c4ccccc34)c3ccccc23)cc1. The number of hydrogen-bond donors (Lipinski definition) is 0. The summed E-state index contributed by atoms with van der Waals surface area (Å²) in [7, 11) is 0. The molecule has 12 rings (SSSR count). The molecule has 0 saturated heterocycles. The van der Waals surface area contributed by atoms with Crippen LogP contribution in [0.2, 0.25) is 0 Å². The zero-order valence-electron chi connectivity index (χ0n) is 32.3. The predicted molar refractivity (Wildman–Crippen MR) is 253 cm³/mol. The molecule has 0 aliphatic rings. The maximum Gasteiger partial charge on any atom is 0.0541 e. The largest absolute Gasteiger partial charge is 0.309 e. The van der Waals surface area contributed by atoms with E-state index in [1.54, 1.807) is 0 Å². The molecule has 0 unspecified atom stereocenters. The van der Waals surface area contributed by atoms with Gasteiger partial charge in [-0.1, -0.05) is 188 Å². The molecule has 0 saturated carbocycles. The van der Waals surface area contributed by atoms with Crippen LogP contribution in [-0.4, -0.2) is 4.57 Å². The number of benzene rings is 11. The van der Waals surface area contributed by atoms with Gasteiger partial charge in [-0.15, -0.1) is 0 Å². The van der Waals surface area contributed by atoms with Crippen LogP contribution in [0.5, 0.6) is 0 Å². The molecule has 1 nitrogen and oxygen atoms in total. The van der Waals surface area contributed by atoms with Gasteiger partial charge in [0.15, 0.2) is 0 Å². The molecule has 1 heterocycles. The highest BCUT2D eigenvalue weighted by molar-refractivity contribution is 6.19. The van der Waals surface area contributed by atoms with E-state index < -0.39 is 0 Å². The second-order valence-corrected chi connectivity index (χ2v) is 15.6. The highest BCUT2D eigenvalue weighted by atomic mass is 15.0. The minimum atomic E-state index is 1.13. The number of hydrogen-bond acceptors (Lipinski definition) is 0. The van der Waals surface area contributed by atoms with Crippen LogP contribution >= 0.6 is 0 Å². The summed E-state index contributed by atoms with van der Waals surface area (Å²) in [6.07, 6.45) is 0. The first kappa shape index (κ1) is 33.4. The first-order valence-electron chi connectivity index (χ1n) is 20.4. The highest BCUT2D eigenvalue weighted by Crippen LogP contribution is 2.45. The lowest BCUT2D eigenvalue weighted by Crippen LogP contribution is -2.00. The summed E-state index contributed by atoms with van der Waals surface area (Å²) in [5.41, 5.74) is 10.8. The Balaban J connectivity index is 1.08. The van der Waals surface area contributed by atoms with Crippen LogP contribution < -0.4 is 0 Å². The summed E-state index contributed by atoms with van der Waals surface area (Å²) in [5.74, 6) is 0. The maximum absolute atomic E-state index is 2.46. The van der Waals surface area contributed by atoms with Crippen molar-refractivity contribution in [2.75, 3.05) is 0 Å². The van der Waals surface area contributed by atoms with Gasteiger partial charge in [0.2, 0.25) is 0 Å². The summed E-state index contributed by atoms with van der Waals surface area (Å²) in [4.78, 5) is 0. The fraction of sp³-hybridized carbons (Fsp3) is 0. The molecule has 0 bridgehead atoms. The van der Waals surface area contributed by atoms with Crippen LogP contribution in [0.1, 0.15) is 0 Å². The molecule has 0 N–H and O–H groups in total. The molecule has 0 amide bonds. The van der Waals surface area contributed by atoms with Crippen LogP contribution in [0, 0.1) is 0 Å². The third-order valence-corrected chi connectivity index (χ3v) is 12.4. The molecular formula is C58H37N. The molecule has 1 heteroatoms. The van der Waals surface area contributed by atoms with Crippen LogP contribution in [-0.2, 0) is 0 Å². The average Bonchev–Trinajstić information content (AvgIpc) is 3.75. The van der Waals surface area contributed by atoms with Crippen molar-refractivity contribution in [3.05, 3.63) is 224 Å². The van der Waals surface area contributed by atoms with E-state index in [9.17, 15) is 0 Å². The lowest BCUT2D eigenvalue weighted by molar-refractivity contribution is 1.10. The number of aromatic nitrogens is 1. The van der Waals surface area contributed by atoms with E-state index in [1.807, 2.05) is 0 Å². The predicted octanol–water partition coefficient (Wildman–Crippen LogP) is 16.1. The maximum atomic E-state index is 2.46. The van der Waals surface area contributed by atoms with Crippen molar-refractivity contribution in [1.82, 2.24) is 4.57 Å². The van der Waals surface area contributed by atoms with Crippen LogP contribution in [0.15, 0.2) is 224 Å². The molecule has 0 fully saturated rings. The van der Waals surface area contributed by atoms with Crippen molar-refractivity contribution in [1.29, 1.82) is 0 Å². The molecule has 0 spiro atoms. The van der Waals surface area contributed by atoms with Crippen molar-refractivity contribution in [2.45, 2.75) is 0 Å². The molecular weight excluding hydrogens is 711 g/mol. The van der Waals surface area contributed by atoms with E-state index in [-0.39, 0.29) is 0 Å². The van der Waals surface area contributed by atoms with Crippen molar-refractivity contribution in [3.63, 3.8) is 0 Å². The number of rotatable bonds is 5. The van der Waals surface area contributed by atoms with Gasteiger partial charge in [-0.2, -0.15) is 0 Å². The molecule has 1 aromatic heterocycles. The zero-order chi connectivity index (χ0) is 38.9. The first-order chi connectivity index (χ1) is 29.3. The van der Waals surface area contributed by atoms with Gasteiger partial charge in [-0.05, 0) is 123 Å². The third kappa shape index (κ3) is 5.25. The molecule has 274 valence electrons. The number of nitrogens with zero attached hydrogens (tertiary/aromatic N) is 1. The Morgan fingerprint density at radius 1 is 0.203 bits per heavy atom. The molecule has 0 radical (unpaired) electrons. The summed E-state index contributed by atoms with van der Waals surface area (Å²) >= 11 is 0. The van der Waals surface area contributed by atoms with Crippen molar-refractivity contribution in [3.8, 4) is 50.5 Å². The van der Waals surface area contributed by atoms with Crippen LogP contribution in [0.4, 0.5) is 0 Å². The molecule has 11 aromatic carbocycles. The first-order valence-corrected chi connectivity index (χ1v) is 20.4. The highest BCUT2D eigenvalue weighted by Gasteiger charge is 2.21.